The lowest BCUT2D eigenvalue weighted by Crippen LogP contribution is -2.17. The highest BCUT2D eigenvalue weighted by molar-refractivity contribution is 6.16. The second-order valence-corrected chi connectivity index (χ2v) is 16.7. The minimum Gasteiger partial charge on any atom is -0.452 e. The standard InChI is InChI=1S/C61H38N4O/c62-39-48-56(40-21-4-1-5-22-40)59(64-49-32-14-10-27-43(49)44-28-11-15-33-50(44)64)58(47-31-20-37-54-61(47)66-55-38-19-18-36-53(55)63(54)42-25-8-3-9-26-42)60(57(48)41-23-6-2-7-24-41)65-51-34-16-12-29-45(51)46-30-13-17-35-52(46)65/h1-38H. The van der Waals surface area contributed by atoms with Gasteiger partial charge >= 0.3 is 0 Å². The molecule has 0 aliphatic carbocycles. The molecule has 0 radical (unpaired) electrons. The molecule has 0 fully saturated rings. The predicted molar refractivity (Wildman–Crippen MR) is 271 cm³/mol. The molecule has 0 spiro atoms. The molecule has 0 bridgehead atoms. The Morgan fingerprint density at radius 1 is 0.364 bits per heavy atom. The summed E-state index contributed by atoms with van der Waals surface area (Å²) in [5.74, 6) is 1.46. The molecule has 308 valence electrons. The van der Waals surface area contributed by atoms with E-state index in [-0.39, 0.29) is 0 Å². The summed E-state index contributed by atoms with van der Waals surface area (Å²) in [7, 11) is 0. The number of nitriles is 1. The lowest BCUT2D eigenvalue weighted by Gasteiger charge is -2.35. The molecule has 3 heterocycles. The van der Waals surface area contributed by atoms with Crippen molar-refractivity contribution >= 4 is 60.7 Å². The number of aromatic nitrogens is 2. The lowest BCUT2D eigenvalue weighted by atomic mass is 9.83. The van der Waals surface area contributed by atoms with Gasteiger partial charge in [-0.1, -0.05) is 176 Å². The van der Waals surface area contributed by atoms with Crippen LogP contribution >= 0.6 is 0 Å². The van der Waals surface area contributed by atoms with Crippen molar-refractivity contribution in [2.45, 2.75) is 0 Å². The first-order chi connectivity index (χ1) is 32.8. The number of nitrogens with zero attached hydrogens (tertiary/aromatic N) is 4. The van der Waals surface area contributed by atoms with Gasteiger partial charge in [-0.25, -0.2) is 0 Å². The molecule has 0 unspecified atom stereocenters. The molecule has 13 rings (SSSR count). The molecule has 10 aromatic carbocycles. The van der Waals surface area contributed by atoms with Crippen molar-refractivity contribution in [1.82, 2.24) is 9.13 Å². The maximum Gasteiger partial charge on any atom is 0.159 e. The summed E-state index contributed by atoms with van der Waals surface area (Å²) in [5.41, 5.74) is 14.7. The fourth-order valence-corrected chi connectivity index (χ4v) is 10.5. The summed E-state index contributed by atoms with van der Waals surface area (Å²) in [4.78, 5) is 2.30. The van der Waals surface area contributed by atoms with Crippen LogP contribution in [-0.2, 0) is 0 Å². The van der Waals surface area contributed by atoms with Crippen LogP contribution in [0, 0.1) is 11.3 Å². The third-order valence-electron chi connectivity index (χ3n) is 13.1. The first-order valence-corrected chi connectivity index (χ1v) is 22.3. The van der Waals surface area contributed by atoms with Gasteiger partial charge in [0.25, 0.3) is 0 Å². The van der Waals surface area contributed by atoms with Gasteiger partial charge in [0.15, 0.2) is 11.5 Å². The maximum absolute atomic E-state index is 12.0. The molecule has 2 aromatic heterocycles. The van der Waals surface area contributed by atoms with Crippen LogP contribution < -0.4 is 9.64 Å². The van der Waals surface area contributed by atoms with E-state index in [1.807, 2.05) is 18.2 Å². The number of rotatable bonds is 6. The highest BCUT2D eigenvalue weighted by Gasteiger charge is 2.35. The minimum atomic E-state index is 0.576. The molecule has 5 heteroatoms. The van der Waals surface area contributed by atoms with E-state index in [1.165, 1.54) is 0 Å². The van der Waals surface area contributed by atoms with Crippen LogP contribution in [0.5, 0.6) is 11.5 Å². The van der Waals surface area contributed by atoms with Crippen molar-refractivity contribution in [1.29, 1.82) is 5.26 Å². The summed E-state index contributed by atoms with van der Waals surface area (Å²) in [5, 5.41) is 16.5. The fourth-order valence-electron chi connectivity index (χ4n) is 10.5. The summed E-state index contributed by atoms with van der Waals surface area (Å²) in [6, 6.07) is 83.5. The predicted octanol–water partition coefficient (Wildman–Crippen LogP) is 16.3. The second kappa shape index (κ2) is 15.0. The van der Waals surface area contributed by atoms with Crippen molar-refractivity contribution in [3.63, 3.8) is 0 Å². The van der Waals surface area contributed by atoms with Crippen LogP contribution in [0.1, 0.15) is 5.56 Å². The van der Waals surface area contributed by atoms with Gasteiger partial charge in [0.2, 0.25) is 0 Å². The number of benzene rings is 10. The van der Waals surface area contributed by atoms with E-state index in [2.05, 4.69) is 232 Å². The van der Waals surface area contributed by atoms with Crippen LogP contribution in [0.2, 0.25) is 0 Å². The molecule has 0 atom stereocenters. The zero-order valence-corrected chi connectivity index (χ0v) is 35.6. The van der Waals surface area contributed by atoms with E-state index >= 15 is 0 Å². The first-order valence-electron chi connectivity index (χ1n) is 22.3. The molecular weight excluding hydrogens is 805 g/mol. The molecule has 1 aliphatic heterocycles. The van der Waals surface area contributed by atoms with Gasteiger partial charge in [-0.2, -0.15) is 5.26 Å². The van der Waals surface area contributed by atoms with Crippen molar-refractivity contribution in [3.05, 3.63) is 236 Å². The van der Waals surface area contributed by atoms with E-state index in [0.29, 0.717) is 11.3 Å². The quantitative estimate of drug-likeness (QED) is 0.168. The van der Waals surface area contributed by atoms with Gasteiger partial charge in [-0.05, 0) is 65.7 Å². The van der Waals surface area contributed by atoms with Gasteiger partial charge in [0, 0.05) is 49.5 Å². The maximum atomic E-state index is 12.0. The van der Waals surface area contributed by atoms with Crippen molar-refractivity contribution in [3.8, 4) is 62.3 Å². The Bertz CT molecular complexity index is 3630. The summed E-state index contributed by atoms with van der Waals surface area (Å²) in [6.45, 7) is 0. The van der Waals surface area contributed by atoms with Gasteiger partial charge in [0.1, 0.15) is 6.07 Å². The molecular formula is C61H38N4O. The van der Waals surface area contributed by atoms with E-state index < -0.39 is 0 Å². The van der Waals surface area contributed by atoms with Gasteiger partial charge < -0.3 is 18.8 Å². The summed E-state index contributed by atoms with van der Waals surface area (Å²) < 4.78 is 12.1. The smallest absolute Gasteiger partial charge is 0.159 e. The Morgan fingerprint density at radius 3 is 1.26 bits per heavy atom. The Hall–Kier alpha value is -9.11. The summed E-state index contributed by atoms with van der Waals surface area (Å²) >= 11 is 0. The van der Waals surface area contributed by atoms with E-state index in [9.17, 15) is 5.26 Å². The third kappa shape index (κ3) is 5.52. The molecule has 0 saturated heterocycles. The molecule has 1 aliphatic rings. The van der Waals surface area contributed by atoms with Gasteiger partial charge in [-0.3, -0.25) is 0 Å². The number of fused-ring (bicyclic) bond motifs is 8. The fraction of sp³-hybridized carbons (Fsp3) is 0. The lowest BCUT2D eigenvalue weighted by molar-refractivity contribution is 0.478. The number of ether oxygens (including phenoxy) is 1. The van der Waals surface area contributed by atoms with Crippen LogP contribution in [0.25, 0.3) is 88.4 Å². The Labute approximate surface area is 381 Å². The number of hydrogen-bond donors (Lipinski definition) is 0. The van der Waals surface area contributed by atoms with Crippen LogP contribution in [0.3, 0.4) is 0 Å². The Kier molecular flexibility index (Phi) is 8.52. The molecule has 0 N–H and O–H groups in total. The topological polar surface area (TPSA) is 46.1 Å². The second-order valence-electron chi connectivity index (χ2n) is 16.7. The number of anilines is 3. The highest BCUT2D eigenvalue weighted by Crippen LogP contribution is 2.58. The largest absolute Gasteiger partial charge is 0.452 e. The minimum absolute atomic E-state index is 0.576. The SMILES string of the molecule is N#Cc1c(-c2ccccc2)c(-n2c3ccccc3c3ccccc32)c(-c2cccc3c2Oc2ccccc2N3c2ccccc2)c(-n2c3ccccc3c3ccccc32)c1-c1ccccc1. The monoisotopic (exact) mass is 842 g/mol. The number of hydrogen-bond acceptors (Lipinski definition) is 3. The van der Waals surface area contributed by atoms with Gasteiger partial charge in [0.05, 0.1) is 50.4 Å². The van der Waals surface area contributed by atoms with E-state index in [1.54, 1.807) is 0 Å². The van der Waals surface area contributed by atoms with Crippen LogP contribution in [-0.4, -0.2) is 9.13 Å². The number of para-hydroxylation sites is 8. The Morgan fingerprint density at radius 2 is 0.773 bits per heavy atom. The molecule has 0 amide bonds. The molecule has 66 heavy (non-hydrogen) atoms. The normalized spacial score (nSPS) is 12.0. The zero-order chi connectivity index (χ0) is 43.7. The molecule has 5 nitrogen and oxygen atoms in total. The van der Waals surface area contributed by atoms with Crippen molar-refractivity contribution in [2.24, 2.45) is 0 Å². The first kappa shape index (κ1) is 37.4. The highest BCUT2D eigenvalue weighted by atomic mass is 16.5. The summed E-state index contributed by atoms with van der Waals surface area (Å²) in [6.07, 6.45) is 0. The Balaban J connectivity index is 1.33. The average Bonchev–Trinajstić information content (AvgIpc) is 3.90. The van der Waals surface area contributed by atoms with Crippen molar-refractivity contribution < 1.29 is 4.74 Å². The van der Waals surface area contributed by atoms with Crippen LogP contribution in [0.15, 0.2) is 231 Å². The van der Waals surface area contributed by atoms with Crippen LogP contribution in [0.4, 0.5) is 17.1 Å². The molecule has 12 aromatic rings. The zero-order valence-electron chi connectivity index (χ0n) is 35.6. The average molecular weight is 843 g/mol. The van der Waals surface area contributed by atoms with Crippen molar-refractivity contribution in [2.75, 3.05) is 4.90 Å². The van der Waals surface area contributed by atoms with E-state index in [4.69, 9.17) is 4.74 Å². The van der Waals surface area contributed by atoms with Gasteiger partial charge in [-0.15, -0.1) is 0 Å². The third-order valence-corrected chi connectivity index (χ3v) is 13.1. The molecule has 0 saturated carbocycles. The van der Waals surface area contributed by atoms with E-state index in [0.717, 1.165) is 111 Å².